The molecule has 0 saturated carbocycles. The van der Waals surface area contributed by atoms with Crippen molar-refractivity contribution in [2.75, 3.05) is 11.9 Å². The number of fused-ring (bicyclic) bond motifs is 2. The average molecular weight is 431 g/mol. The van der Waals surface area contributed by atoms with Gasteiger partial charge in [0, 0.05) is 5.56 Å². The summed E-state index contributed by atoms with van der Waals surface area (Å²) in [6, 6.07) is 10.4. The van der Waals surface area contributed by atoms with E-state index in [4.69, 9.17) is 0 Å². The van der Waals surface area contributed by atoms with Crippen LogP contribution in [0.5, 0.6) is 0 Å². The third-order valence-electron chi connectivity index (χ3n) is 5.16. The maximum Gasteiger partial charge on any atom is 0.184 e. The lowest BCUT2D eigenvalue weighted by Crippen LogP contribution is -2.15. The molecule has 0 atom stereocenters. The van der Waals surface area contributed by atoms with Crippen LogP contribution in [0, 0.1) is 13.8 Å². The molecule has 3 aromatic rings. The lowest BCUT2D eigenvalue weighted by atomic mass is 9.90. The lowest BCUT2D eigenvalue weighted by molar-refractivity contribution is 0.101. The average Bonchev–Trinajstić information content (AvgIpc) is 3.06. The Morgan fingerprint density at radius 3 is 2.69 bits per heavy atom. The number of rotatable bonds is 4. The van der Waals surface area contributed by atoms with Crippen LogP contribution in [0.15, 0.2) is 30.3 Å². The SMILES string of the molecule is Br.Cc1ccc2sc(NCC(=O)c3ccc4c(c3)CCCC4)nc2c1C. The Hall–Kier alpha value is -1.72. The molecular weight excluding hydrogens is 408 g/mol. The molecule has 0 amide bonds. The molecule has 136 valence electrons. The largest absolute Gasteiger partial charge is 0.354 e. The van der Waals surface area contributed by atoms with Gasteiger partial charge in [0.2, 0.25) is 0 Å². The van der Waals surface area contributed by atoms with Gasteiger partial charge in [0.05, 0.1) is 16.8 Å². The molecule has 0 spiro atoms. The molecule has 0 radical (unpaired) electrons. The van der Waals surface area contributed by atoms with E-state index in [1.165, 1.54) is 35.1 Å². The molecule has 1 aromatic heterocycles. The number of thiazole rings is 1. The summed E-state index contributed by atoms with van der Waals surface area (Å²) < 4.78 is 1.16. The van der Waals surface area contributed by atoms with Crippen molar-refractivity contribution < 1.29 is 4.79 Å². The van der Waals surface area contributed by atoms with Gasteiger partial charge in [-0.1, -0.05) is 29.5 Å². The number of ketones is 1. The summed E-state index contributed by atoms with van der Waals surface area (Å²) >= 11 is 1.61. The molecule has 0 saturated heterocycles. The molecule has 26 heavy (non-hydrogen) atoms. The fourth-order valence-corrected chi connectivity index (χ4v) is 4.39. The number of nitrogens with one attached hydrogen (secondary N) is 1. The van der Waals surface area contributed by atoms with Crippen LogP contribution in [0.2, 0.25) is 0 Å². The summed E-state index contributed by atoms with van der Waals surface area (Å²) in [5.74, 6) is 0.125. The first-order valence-electron chi connectivity index (χ1n) is 8.87. The van der Waals surface area contributed by atoms with Crippen molar-refractivity contribution in [3.63, 3.8) is 0 Å². The fraction of sp³-hybridized carbons (Fsp3) is 0.333. The second-order valence-corrected chi connectivity index (χ2v) is 7.87. The lowest BCUT2D eigenvalue weighted by Gasteiger charge is -2.16. The van der Waals surface area contributed by atoms with Crippen LogP contribution >= 0.6 is 28.3 Å². The van der Waals surface area contributed by atoms with E-state index in [-0.39, 0.29) is 29.3 Å². The van der Waals surface area contributed by atoms with Gasteiger partial charge in [0.15, 0.2) is 10.9 Å². The summed E-state index contributed by atoms with van der Waals surface area (Å²) in [5, 5.41) is 4.03. The molecule has 0 aliphatic heterocycles. The number of nitrogens with zero attached hydrogens (tertiary/aromatic N) is 1. The second kappa shape index (κ2) is 7.89. The number of aryl methyl sites for hydroxylation is 4. The van der Waals surface area contributed by atoms with E-state index in [2.05, 4.69) is 48.4 Å². The number of Topliss-reactive ketones (excluding diaryl/α,β-unsaturated/α-hetero) is 1. The van der Waals surface area contributed by atoms with Crippen LogP contribution in [0.4, 0.5) is 5.13 Å². The summed E-state index contributed by atoms with van der Waals surface area (Å²) in [4.78, 5) is 17.2. The maximum absolute atomic E-state index is 12.6. The Labute approximate surface area is 168 Å². The van der Waals surface area contributed by atoms with Gasteiger partial charge < -0.3 is 5.32 Å². The monoisotopic (exact) mass is 430 g/mol. The smallest absolute Gasteiger partial charge is 0.184 e. The minimum absolute atomic E-state index is 0. The Morgan fingerprint density at radius 2 is 1.88 bits per heavy atom. The number of benzene rings is 2. The van der Waals surface area contributed by atoms with Gasteiger partial charge in [-0.25, -0.2) is 4.98 Å². The zero-order chi connectivity index (χ0) is 17.4. The molecule has 4 rings (SSSR count). The molecule has 2 aromatic carbocycles. The molecule has 0 bridgehead atoms. The number of carbonyl (C=O) groups excluding carboxylic acids is 1. The van der Waals surface area contributed by atoms with E-state index in [0.29, 0.717) is 0 Å². The minimum atomic E-state index is 0. The first kappa shape index (κ1) is 19.1. The molecule has 1 heterocycles. The minimum Gasteiger partial charge on any atom is -0.354 e. The molecular formula is C21H23BrN2OS. The van der Waals surface area contributed by atoms with Crippen molar-refractivity contribution in [2.45, 2.75) is 39.5 Å². The van der Waals surface area contributed by atoms with Crippen LogP contribution in [0.3, 0.4) is 0 Å². The van der Waals surface area contributed by atoms with Crippen molar-refractivity contribution in [3.05, 3.63) is 58.1 Å². The Morgan fingerprint density at radius 1 is 1.12 bits per heavy atom. The van der Waals surface area contributed by atoms with E-state index in [9.17, 15) is 4.79 Å². The predicted octanol–water partition coefficient (Wildman–Crippen LogP) is 5.66. The first-order chi connectivity index (χ1) is 12.1. The molecule has 1 aliphatic carbocycles. The van der Waals surface area contributed by atoms with E-state index < -0.39 is 0 Å². The zero-order valence-electron chi connectivity index (χ0n) is 15.1. The third-order valence-corrected chi connectivity index (χ3v) is 6.13. The van der Waals surface area contributed by atoms with Crippen LogP contribution in [-0.2, 0) is 12.8 Å². The first-order valence-corrected chi connectivity index (χ1v) is 9.69. The van der Waals surface area contributed by atoms with E-state index in [0.717, 1.165) is 33.8 Å². The number of aromatic nitrogens is 1. The third kappa shape index (κ3) is 3.69. The highest BCUT2D eigenvalue weighted by Gasteiger charge is 2.14. The van der Waals surface area contributed by atoms with Gasteiger partial charge in [0.1, 0.15) is 0 Å². The quantitative estimate of drug-likeness (QED) is 0.542. The molecule has 5 heteroatoms. The van der Waals surface area contributed by atoms with Crippen molar-refractivity contribution in [1.82, 2.24) is 4.98 Å². The number of anilines is 1. The Kier molecular flexibility index (Phi) is 5.78. The van der Waals surface area contributed by atoms with E-state index >= 15 is 0 Å². The van der Waals surface area contributed by atoms with Crippen LogP contribution < -0.4 is 5.32 Å². The standard InChI is InChI=1S/C21H22N2OS.BrH/c1-13-7-10-19-20(14(13)2)23-21(25-19)22-12-18(24)17-9-8-15-5-3-4-6-16(15)11-17;/h7-11H,3-6,12H2,1-2H3,(H,22,23);1H. The molecule has 1 N–H and O–H groups in total. The topological polar surface area (TPSA) is 42.0 Å². The molecule has 0 fully saturated rings. The molecule has 0 unspecified atom stereocenters. The van der Waals surface area contributed by atoms with Crippen molar-refractivity contribution >= 4 is 49.4 Å². The number of halogens is 1. The predicted molar refractivity (Wildman–Crippen MR) is 115 cm³/mol. The number of hydrogen-bond donors (Lipinski definition) is 1. The highest BCUT2D eigenvalue weighted by atomic mass is 79.9. The summed E-state index contributed by atoms with van der Waals surface area (Å²) in [7, 11) is 0. The van der Waals surface area contributed by atoms with Crippen LogP contribution in [0.1, 0.15) is 45.5 Å². The van der Waals surface area contributed by atoms with Gasteiger partial charge in [-0.2, -0.15) is 0 Å². The maximum atomic E-state index is 12.6. The van der Waals surface area contributed by atoms with Crippen LogP contribution in [0.25, 0.3) is 10.2 Å². The highest BCUT2D eigenvalue weighted by Crippen LogP contribution is 2.29. The van der Waals surface area contributed by atoms with Crippen molar-refractivity contribution in [1.29, 1.82) is 0 Å². The van der Waals surface area contributed by atoms with Crippen molar-refractivity contribution in [3.8, 4) is 0 Å². The summed E-state index contributed by atoms with van der Waals surface area (Å²) in [5.41, 5.74) is 7.06. The van der Waals surface area contributed by atoms with Gasteiger partial charge >= 0.3 is 0 Å². The highest BCUT2D eigenvalue weighted by molar-refractivity contribution is 8.93. The van der Waals surface area contributed by atoms with Gasteiger partial charge in [-0.15, -0.1) is 17.0 Å². The van der Waals surface area contributed by atoms with Gasteiger partial charge in [0.25, 0.3) is 0 Å². The summed E-state index contributed by atoms with van der Waals surface area (Å²) in [6.07, 6.45) is 4.73. The number of hydrogen-bond acceptors (Lipinski definition) is 4. The Balaban J connectivity index is 0.00000196. The normalized spacial score (nSPS) is 13.2. The second-order valence-electron chi connectivity index (χ2n) is 6.84. The Bertz CT molecular complexity index is 964. The molecule has 3 nitrogen and oxygen atoms in total. The van der Waals surface area contributed by atoms with Gasteiger partial charge in [-0.3, -0.25) is 4.79 Å². The van der Waals surface area contributed by atoms with Gasteiger partial charge in [-0.05, 0) is 73.9 Å². The fourth-order valence-electron chi connectivity index (χ4n) is 3.47. The zero-order valence-corrected chi connectivity index (χ0v) is 17.6. The van der Waals surface area contributed by atoms with Crippen LogP contribution in [-0.4, -0.2) is 17.3 Å². The molecule has 1 aliphatic rings. The summed E-state index contributed by atoms with van der Waals surface area (Å²) in [6.45, 7) is 4.48. The number of carbonyl (C=O) groups is 1. The van der Waals surface area contributed by atoms with Crippen molar-refractivity contribution in [2.24, 2.45) is 0 Å². The van der Waals surface area contributed by atoms with E-state index in [1.54, 1.807) is 11.3 Å². The van der Waals surface area contributed by atoms with E-state index in [1.807, 2.05) is 6.07 Å².